The molecule has 1 heterocycles. The SMILES string of the molecule is OCCCN1CCN(C2c3ccccc3-c3ccccc32)CC1. The molecule has 3 nitrogen and oxygen atoms in total. The Labute approximate surface area is 138 Å². The first kappa shape index (κ1) is 14.9. The average Bonchev–Trinajstić information content (AvgIpc) is 2.95. The number of rotatable bonds is 4. The molecule has 1 N–H and O–H groups in total. The zero-order chi connectivity index (χ0) is 15.6. The minimum Gasteiger partial charge on any atom is -0.396 e. The van der Waals surface area contributed by atoms with E-state index in [2.05, 4.69) is 58.3 Å². The number of aliphatic hydroxyl groups excluding tert-OH is 1. The molecule has 2 aromatic carbocycles. The van der Waals surface area contributed by atoms with E-state index in [4.69, 9.17) is 5.11 Å². The molecule has 0 spiro atoms. The number of benzene rings is 2. The van der Waals surface area contributed by atoms with E-state index in [0.29, 0.717) is 12.6 Å². The van der Waals surface area contributed by atoms with Crippen molar-refractivity contribution in [1.29, 1.82) is 0 Å². The molecule has 0 radical (unpaired) electrons. The molecule has 23 heavy (non-hydrogen) atoms. The molecule has 0 unspecified atom stereocenters. The Hall–Kier alpha value is -1.68. The summed E-state index contributed by atoms with van der Waals surface area (Å²) in [7, 11) is 0. The Morgan fingerprint density at radius 1 is 0.826 bits per heavy atom. The smallest absolute Gasteiger partial charge is 0.0614 e. The number of aliphatic hydroxyl groups is 1. The van der Waals surface area contributed by atoms with Crippen LogP contribution in [0.15, 0.2) is 48.5 Å². The van der Waals surface area contributed by atoms with Crippen LogP contribution in [-0.4, -0.2) is 54.2 Å². The summed E-state index contributed by atoms with van der Waals surface area (Å²) in [4.78, 5) is 5.10. The summed E-state index contributed by atoms with van der Waals surface area (Å²) < 4.78 is 0. The molecule has 1 saturated heterocycles. The zero-order valence-electron chi connectivity index (χ0n) is 13.5. The van der Waals surface area contributed by atoms with Gasteiger partial charge < -0.3 is 10.0 Å². The normalized spacial score (nSPS) is 18.8. The second kappa shape index (κ2) is 6.44. The molecule has 0 bridgehead atoms. The highest BCUT2D eigenvalue weighted by Crippen LogP contribution is 2.46. The van der Waals surface area contributed by atoms with Crippen LogP contribution in [0.5, 0.6) is 0 Å². The fourth-order valence-corrected chi connectivity index (χ4v) is 4.06. The summed E-state index contributed by atoms with van der Waals surface area (Å²) in [5, 5.41) is 9.00. The van der Waals surface area contributed by atoms with E-state index in [1.165, 1.54) is 22.3 Å². The second-order valence-corrected chi connectivity index (χ2v) is 6.53. The Kier molecular flexibility index (Phi) is 4.17. The third-order valence-corrected chi connectivity index (χ3v) is 5.21. The summed E-state index contributed by atoms with van der Waals surface area (Å²) in [5.41, 5.74) is 5.71. The maximum absolute atomic E-state index is 9.00. The quantitative estimate of drug-likeness (QED) is 0.941. The summed E-state index contributed by atoms with van der Waals surface area (Å²) >= 11 is 0. The van der Waals surface area contributed by atoms with Gasteiger partial charge in [0.1, 0.15) is 0 Å². The van der Waals surface area contributed by atoms with Gasteiger partial charge in [-0.2, -0.15) is 0 Å². The molecule has 2 aromatic rings. The van der Waals surface area contributed by atoms with Crippen molar-refractivity contribution in [3.8, 4) is 11.1 Å². The maximum Gasteiger partial charge on any atom is 0.0614 e. The number of hydrogen-bond acceptors (Lipinski definition) is 3. The molecule has 0 aromatic heterocycles. The maximum atomic E-state index is 9.00. The van der Waals surface area contributed by atoms with Crippen molar-refractivity contribution in [2.45, 2.75) is 12.5 Å². The average molecular weight is 308 g/mol. The van der Waals surface area contributed by atoms with Crippen molar-refractivity contribution in [3.05, 3.63) is 59.7 Å². The molecule has 0 atom stereocenters. The molecule has 120 valence electrons. The van der Waals surface area contributed by atoms with Crippen LogP contribution in [0.2, 0.25) is 0 Å². The monoisotopic (exact) mass is 308 g/mol. The summed E-state index contributed by atoms with van der Waals surface area (Å²) in [5.74, 6) is 0. The topological polar surface area (TPSA) is 26.7 Å². The van der Waals surface area contributed by atoms with Crippen LogP contribution < -0.4 is 0 Å². The minimum absolute atomic E-state index is 0.295. The molecule has 3 heteroatoms. The molecular formula is C20H24N2O. The predicted molar refractivity (Wildman–Crippen MR) is 93.4 cm³/mol. The fourth-order valence-electron chi connectivity index (χ4n) is 4.06. The van der Waals surface area contributed by atoms with Gasteiger partial charge in [-0.25, -0.2) is 0 Å². The van der Waals surface area contributed by atoms with Gasteiger partial charge in [-0.15, -0.1) is 0 Å². The van der Waals surface area contributed by atoms with E-state index in [0.717, 1.165) is 39.1 Å². The number of fused-ring (bicyclic) bond motifs is 3. The first-order valence-electron chi connectivity index (χ1n) is 8.64. The van der Waals surface area contributed by atoms with Gasteiger partial charge in [0, 0.05) is 39.3 Å². The van der Waals surface area contributed by atoms with Crippen molar-refractivity contribution >= 4 is 0 Å². The summed E-state index contributed by atoms with van der Waals surface area (Å²) in [6.45, 7) is 5.70. The number of piperazine rings is 1. The first-order chi connectivity index (χ1) is 11.4. The van der Waals surface area contributed by atoms with Gasteiger partial charge in [0.2, 0.25) is 0 Å². The van der Waals surface area contributed by atoms with Gasteiger partial charge in [-0.05, 0) is 28.7 Å². The predicted octanol–water partition coefficient (Wildman–Crippen LogP) is 2.76. The van der Waals surface area contributed by atoms with E-state index in [1.54, 1.807) is 0 Å². The highest BCUT2D eigenvalue weighted by Gasteiger charge is 2.33. The lowest BCUT2D eigenvalue weighted by atomic mass is 10.0. The van der Waals surface area contributed by atoms with Crippen molar-refractivity contribution in [1.82, 2.24) is 9.80 Å². The lowest BCUT2D eigenvalue weighted by Crippen LogP contribution is -2.47. The van der Waals surface area contributed by atoms with Crippen molar-refractivity contribution < 1.29 is 5.11 Å². The Morgan fingerprint density at radius 2 is 1.39 bits per heavy atom. The molecule has 1 aliphatic heterocycles. The van der Waals surface area contributed by atoms with E-state index < -0.39 is 0 Å². The van der Waals surface area contributed by atoms with Gasteiger partial charge in [0.25, 0.3) is 0 Å². The van der Waals surface area contributed by atoms with Gasteiger partial charge in [0.15, 0.2) is 0 Å². The molecule has 4 rings (SSSR count). The van der Waals surface area contributed by atoms with Gasteiger partial charge in [-0.3, -0.25) is 4.90 Å². The van der Waals surface area contributed by atoms with Crippen molar-refractivity contribution in [3.63, 3.8) is 0 Å². The van der Waals surface area contributed by atoms with Crippen LogP contribution in [0.25, 0.3) is 11.1 Å². The third kappa shape index (κ3) is 2.69. The zero-order valence-corrected chi connectivity index (χ0v) is 13.5. The van der Waals surface area contributed by atoms with Gasteiger partial charge >= 0.3 is 0 Å². The first-order valence-corrected chi connectivity index (χ1v) is 8.64. The minimum atomic E-state index is 0.295. The third-order valence-electron chi connectivity index (χ3n) is 5.21. The van der Waals surface area contributed by atoms with Crippen LogP contribution in [0.3, 0.4) is 0 Å². The van der Waals surface area contributed by atoms with E-state index >= 15 is 0 Å². The van der Waals surface area contributed by atoms with Crippen LogP contribution >= 0.6 is 0 Å². The fraction of sp³-hybridized carbons (Fsp3) is 0.400. The van der Waals surface area contributed by atoms with Crippen molar-refractivity contribution in [2.75, 3.05) is 39.3 Å². The van der Waals surface area contributed by atoms with Crippen LogP contribution in [0.1, 0.15) is 23.6 Å². The molecule has 1 fully saturated rings. The lowest BCUT2D eigenvalue weighted by Gasteiger charge is -2.38. The second-order valence-electron chi connectivity index (χ2n) is 6.53. The van der Waals surface area contributed by atoms with Gasteiger partial charge in [0.05, 0.1) is 6.04 Å². The van der Waals surface area contributed by atoms with Crippen LogP contribution in [-0.2, 0) is 0 Å². The Balaban J connectivity index is 1.58. The van der Waals surface area contributed by atoms with Gasteiger partial charge in [-0.1, -0.05) is 48.5 Å². The summed E-state index contributed by atoms with van der Waals surface area (Å²) in [6.07, 6.45) is 0.884. The number of nitrogens with zero attached hydrogens (tertiary/aromatic N) is 2. The molecular weight excluding hydrogens is 284 g/mol. The van der Waals surface area contributed by atoms with E-state index in [1.807, 2.05) is 0 Å². The Bertz CT molecular complexity index is 631. The standard InChI is InChI=1S/C20H24N2O/c23-15-5-10-21-11-13-22(14-12-21)20-18-8-3-1-6-16(18)17-7-2-4-9-19(17)20/h1-4,6-9,20,23H,5,10-15H2. The molecule has 0 saturated carbocycles. The lowest BCUT2D eigenvalue weighted by molar-refractivity contribution is 0.105. The van der Waals surface area contributed by atoms with Crippen LogP contribution in [0.4, 0.5) is 0 Å². The van der Waals surface area contributed by atoms with Crippen LogP contribution in [0, 0.1) is 0 Å². The van der Waals surface area contributed by atoms with E-state index in [-0.39, 0.29) is 0 Å². The van der Waals surface area contributed by atoms with Crippen molar-refractivity contribution in [2.24, 2.45) is 0 Å². The highest BCUT2D eigenvalue weighted by atomic mass is 16.3. The molecule has 0 amide bonds. The van der Waals surface area contributed by atoms with E-state index in [9.17, 15) is 0 Å². The molecule has 1 aliphatic carbocycles. The summed E-state index contributed by atoms with van der Waals surface area (Å²) in [6, 6.07) is 18.1. The number of hydrogen-bond donors (Lipinski definition) is 1. The largest absolute Gasteiger partial charge is 0.396 e. The Morgan fingerprint density at radius 3 is 1.96 bits per heavy atom. The molecule has 2 aliphatic rings. The highest BCUT2D eigenvalue weighted by molar-refractivity contribution is 5.78.